The third-order valence-corrected chi connectivity index (χ3v) is 2.50. The van der Waals surface area contributed by atoms with Crippen LogP contribution in [0.15, 0.2) is 23.9 Å². The Morgan fingerprint density at radius 3 is 2.10 bits per heavy atom. The molecule has 2 N–H and O–H groups in total. The molecule has 21 heavy (non-hydrogen) atoms. The zero-order chi connectivity index (χ0) is 15.8. The van der Waals surface area contributed by atoms with E-state index in [1.807, 2.05) is 0 Å². The fourth-order valence-corrected chi connectivity index (χ4v) is 1.62. The molecule has 2 rings (SSSR count). The summed E-state index contributed by atoms with van der Waals surface area (Å²) in [5, 5.41) is 11.1. The molecule has 0 aliphatic carbocycles. The van der Waals surface area contributed by atoms with E-state index in [-0.39, 0.29) is 0 Å². The summed E-state index contributed by atoms with van der Waals surface area (Å²) in [7, 11) is 0. The number of phenols is 1. The van der Waals surface area contributed by atoms with Crippen LogP contribution in [0.5, 0.6) is 5.75 Å². The monoisotopic (exact) mass is 299 g/mol. The van der Waals surface area contributed by atoms with E-state index in [4.69, 9.17) is 14.6 Å². The Kier molecular flexibility index (Phi) is 3.54. The van der Waals surface area contributed by atoms with Crippen LogP contribution in [0.25, 0.3) is 0 Å². The molecule has 0 saturated carbocycles. The van der Waals surface area contributed by atoms with E-state index in [0.29, 0.717) is 12.1 Å². The molecule has 0 bridgehead atoms. The maximum absolute atomic E-state index is 13.5. The molecule has 1 aromatic carbocycles. The second kappa shape index (κ2) is 5.04. The lowest BCUT2D eigenvalue weighted by Crippen LogP contribution is -2.42. The van der Waals surface area contributed by atoms with Gasteiger partial charge in [-0.05, 0) is 0 Å². The molecule has 0 unspecified atom stereocenters. The summed E-state index contributed by atoms with van der Waals surface area (Å²) in [6.45, 7) is 2.73. The molecule has 112 valence electrons. The van der Waals surface area contributed by atoms with Gasteiger partial charge in [0, 0.05) is 32.2 Å². The van der Waals surface area contributed by atoms with Crippen molar-refractivity contribution in [1.29, 1.82) is 0 Å². The van der Waals surface area contributed by atoms with E-state index in [2.05, 4.69) is 5.32 Å². The van der Waals surface area contributed by atoms with Gasteiger partial charge in [-0.3, -0.25) is 0 Å². The molecule has 8 heteroatoms. The average Bonchev–Trinajstić information content (AvgIpc) is 2.29. The fraction of sp³-hybridized carbons (Fsp3) is 0.231. The molecule has 0 atom stereocenters. The molecular formula is C13H11F2NO5. The SMILES string of the molecule is CC1(C)OC(=O)C(=CNc2c(F)cc(O)cc2F)C(=O)O1. The van der Waals surface area contributed by atoms with Crippen molar-refractivity contribution in [3.8, 4) is 5.75 Å². The number of cyclic esters (lactones) is 2. The minimum absolute atomic E-state index is 0.541. The summed E-state index contributed by atoms with van der Waals surface area (Å²) in [5.74, 6) is -6.15. The number of hydrogen-bond donors (Lipinski definition) is 2. The first kappa shape index (κ1) is 14.8. The first-order chi connectivity index (χ1) is 9.69. The standard InChI is InChI=1S/C13H11F2NO5/c1-13(2)20-11(18)7(12(19)21-13)5-16-10-8(14)3-6(17)4-9(10)15/h3-5,16-17H,1-2H3. The largest absolute Gasteiger partial charge is 0.508 e. The van der Waals surface area contributed by atoms with Crippen LogP contribution in [-0.2, 0) is 19.1 Å². The van der Waals surface area contributed by atoms with Crippen LogP contribution < -0.4 is 5.32 Å². The molecule has 0 aromatic heterocycles. The van der Waals surface area contributed by atoms with Crippen molar-refractivity contribution in [2.24, 2.45) is 0 Å². The number of halogens is 2. The van der Waals surface area contributed by atoms with Crippen molar-refractivity contribution in [2.45, 2.75) is 19.6 Å². The van der Waals surface area contributed by atoms with E-state index in [1.54, 1.807) is 0 Å². The maximum Gasteiger partial charge on any atom is 0.350 e. The highest BCUT2D eigenvalue weighted by Crippen LogP contribution is 2.26. The number of rotatable bonds is 2. The van der Waals surface area contributed by atoms with Gasteiger partial charge in [-0.1, -0.05) is 0 Å². The van der Waals surface area contributed by atoms with E-state index in [0.717, 1.165) is 6.20 Å². The smallest absolute Gasteiger partial charge is 0.350 e. The predicted octanol–water partition coefficient (Wildman–Crippen LogP) is 1.80. The molecule has 1 aliphatic rings. The zero-order valence-corrected chi connectivity index (χ0v) is 11.1. The molecule has 0 spiro atoms. The Bertz CT molecular complexity index is 609. The molecule has 0 amide bonds. The molecular weight excluding hydrogens is 288 g/mol. The van der Waals surface area contributed by atoms with Gasteiger partial charge in [0.05, 0.1) is 0 Å². The van der Waals surface area contributed by atoms with Gasteiger partial charge in [-0.25, -0.2) is 18.4 Å². The topological polar surface area (TPSA) is 84.9 Å². The number of anilines is 1. The normalized spacial score (nSPS) is 17.0. The molecule has 1 aliphatic heterocycles. The maximum atomic E-state index is 13.5. The van der Waals surface area contributed by atoms with Gasteiger partial charge >= 0.3 is 11.9 Å². The van der Waals surface area contributed by atoms with Crippen LogP contribution in [0.3, 0.4) is 0 Å². The molecule has 1 fully saturated rings. The lowest BCUT2D eigenvalue weighted by atomic mass is 10.2. The van der Waals surface area contributed by atoms with Crippen LogP contribution in [0, 0.1) is 11.6 Å². The second-order valence-electron chi connectivity index (χ2n) is 4.67. The summed E-state index contributed by atoms with van der Waals surface area (Å²) in [4.78, 5) is 23.2. The zero-order valence-electron chi connectivity index (χ0n) is 11.1. The van der Waals surface area contributed by atoms with Gasteiger partial charge in [0.2, 0.25) is 0 Å². The first-order valence-corrected chi connectivity index (χ1v) is 5.81. The minimum atomic E-state index is -1.40. The average molecular weight is 299 g/mol. The Hall–Kier alpha value is -2.64. The Morgan fingerprint density at radius 1 is 1.14 bits per heavy atom. The van der Waals surface area contributed by atoms with Crippen molar-refractivity contribution in [1.82, 2.24) is 0 Å². The van der Waals surface area contributed by atoms with E-state index in [1.165, 1.54) is 13.8 Å². The number of esters is 2. The fourth-order valence-electron chi connectivity index (χ4n) is 1.62. The highest BCUT2D eigenvalue weighted by atomic mass is 19.1. The first-order valence-electron chi connectivity index (χ1n) is 5.81. The third kappa shape index (κ3) is 3.10. The van der Waals surface area contributed by atoms with Gasteiger partial charge < -0.3 is 19.9 Å². The number of phenolic OH excluding ortho intramolecular Hbond substituents is 1. The van der Waals surface area contributed by atoms with Crippen molar-refractivity contribution >= 4 is 17.6 Å². The molecule has 6 nitrogen and oxygen atoms in total. The van der Waals surface area contributed by atoms with Crippen LogP contribution in [0.4, 0.5) is 14.5 Å². The highest BCUT2D eigenvalue weighted by Gasteiger charge is 2.39. The van der Waals surface area contributed by atoms with Gasteiger partial charge in [0.1, 0.15) is 11.4 Å². The van der Waals surface area contributed by atoms with Gasteiger partial charge in [-0.15, -0.1) is 0 Å². The van der Waals surface area contributed by atoms with E-state index < -0.39 is 46.4 Å². The number of hydrogen-bond acceptors (Lipinski definition) is 6. The Labute approximate surface area is 118 Å². The van der Waals surface area contributed by atoms with Gasteiger partial charge in [0.15, 0.2) is 17.2 Å². The number of carbonyl (C=O) groups excluding carboxylic acids is 2. The van der Waals surface area contributed by atoms with Crippen LogP contribution in [-0.4, -0.2) is 22.8 Å². The van der Waals surface area contributed by atoms with Crippen molar-refractivity contribution in [3.63, 3.8) is 0 Å². The summed E-state index contributed by atoms with van der Waals surface area (Å²) in [6.07, 6.45) is 0.776. The van der Waals surface area contributed by atoms with Crippen molar-refractivity contribution in [3.05, 3.63) is 35.5 Å². The van der Waals surface area contributed by atoms with Gasteiger partial charge in [-0.2, -0.15) is 0 Å². The summed E-state index contributed by atoms with van der Waals surface area (Å²) < 4.78 is 36.5. The summed E-state index contributed by atoms with van der Waals surface area (Å²) in [5.41, 5.74) is -1.17. The molecule has 1 aromatic rings. The van der Waals surface area contributed by atoms with E-state index >= 15 is 0 Å². The lowest BCUT2D eigenvalue weighted by molar-refractivity contribution is -0.222. The van der Waals surface area contributed by atoms with E-state index in [9.17, 15) is 18.4 Å². The number of carbonyl (C=O) groups is 2. The Balaban J connectivity index is 2.26. The van der Waals surface area contributed by atoms with Gasteiger partial charge in [0.25, 0.3) is 5.79 Å². The quantitative estimate of drug-likeness (QED) is 0.375. The Morgan fingerprint density at radius 2 is 1.62 bits per heavy atom. The van der Waals surface area contributed by atoms with Crippen molar-refractivity contribution < 1.29 is 33.0 Å². The number of ether oxygens (including phenoxy) is 2. The van der Waals surface area contributed by atoms with Crippen LogP contribution in [0.1, 0.15) is 13.8 Å². The molecule has 0 radical (unpaired) electrons. The van der Waals surface area contributed by atoms with Crippen LogP contribution >= 0.6 is 0 Å². The minimum Gasteiger partial charge on any atom is -0.508 e. The third-order valence-electron chi connectivity index (χ3n) is 2.50. The molecule has 1 saturated heterocycles. The van der Waals surface area contributed by atoms with Crippen LogP contribution in [0.2, 0.25) is 0 Å². The highest BCUT2D eigenvalue weighted by molar-refractivity contribution is 6.15. The predicted molar refractivity (Wildman–Crippen MR) is 66.0 cm³/mol. The summed E-state index contributed by atoms with van der Waals surface area (Å²) in [6, 6.07) is 1.34. The number of nitrogens with one attached hydrogen (secondary N) is 1. The number of benzene rings is 1. The number of aromatic hydroxyl groups is 1. The lowest BCUT2D eigenvalue weighted by Gasteiger charge is -2.29. The molecule has 1 heterocycles. The summed E-state index contributed by atoms with van der Waals surface area (Å²) >= 11 is 0. The second-order valence-corrected chi connectivity index (χ2v) is 4.67. The van der Waals surface area contributed by atoms with Crippen molar-refractivity contribution in [2.75, 3.05) is 5.32 Å².